The minimum absolute atomic E-state index is 0.797. The van der Waals surface area contributed by atoms with Crippen molar-refractivity contribution >= 4 is 38.9 Å². The molecule has 2 aromatic rings. The molecule has 2 rings (SSSR count). The van der Waals surface area contributed by atoms with E-state index in [1.54, 1.807) is 0 Å². The Balaban J connectivity index is 1.88. The molecule has 0 radical (unpaired) electrons. The van der Waals surface area contributed by atoms with Crippen molar-refractivity contribution in [1.82, 2.24) is 5.32 Å². The molecule has 0 aliphatic carbocycles. The fourth-order valence-corrected chi connectivity index (χ4v) is 3.36. The van der Waals surface area contributed by atoms with Gasteiger partial charge in [-0.15, -0.1) is 11.3 Å². The van der Waals surface area contributed by atoms with E-state index in [0.29, 0.717) is 0 Å². The molecule has 0 atom stereocenters. The predicted molar refractivity (Wildman–Crippen MR) is 83.4 cm³/mol. The number of aryl methyl sites for hydroxylation is 1. The van der Waals surface area contributed by atoms with E-state index in [0.717, 1.165) is 34.6 Å². The van der Waals surface area contributed by atoms with Gasteiger partial charge in [-0.25, -0.2) is 0 Å². The highest BCUT2D eigenvalue weighted by Gasteiger charge is 2.02. The maximum absolute atomic E-state index is 6.17. The van der Waals surface area contributed by atoms with Crippen LogP contribution in [-0.2, 0) is 19.5 Å². The Morgan fingerprint density at radius 2 is 1.94 bits per heavy atom. The largest absolute Gasteiger partial charge is 0.308 e. The van der Waals surface area contributed by atoms with Crippen LogP contribution in [0.4, 0.5) is 0 Å². The average molecular weight is 345 g/mol. The average Bonchev–Trinajstić information content (AvgIpc) is 2.80. The van der Waals surface area contributed by atoms with E-state index in [1.165, 1.54) is 9.75 Å². The van der Waals surface area contributed by atoms with Gasteiger partial charge in [-0.05, 0) is 36.2 Å². The number of thiophene rings is 1. The molecule has 4 heteroatoms. The second-order valence-corrected chi connectivity index (χ2v) is 6.64. The Morgan fingerprint density at radius 3 is 2.61 bits per heavy atom. The molecule has 1 aromatic carbocycles. The second-order valence-electron chi connectivity index (χ2n) is 4.06. The number of nitrogens with one attached hydrogen (secondary N) is 1. The van der Waals surface area contributed by atoms with Crippen LogP contribution in [0.25, 0.3) is 0 Å². The van der Waals surface area contributed by atoms with Gasteiger partial charge < -0.3 is 5.32 Å². The Morgan fingerprint density at radius 1 is 1.17 bits per heavy atom. The summed E-state index contributed by atoms with van der Waals surface area (Å²) in [5.74, 6) is 0. The summed E-state index contributed by atoms with van der Waals surface area (Å²) in [6.07, 6.45) is 1.11. The zero-order valence-corrected chi connectivity index (χ0v) is 13.3. The molecular weight excluding hydrogens is 330 g/mol. The van der Waals surface area contributed by atoms with Gasteiger partial charge in [0.1, 0.15) is 0 Å². The molecule has 1 nitrogen and oxygen atoms in total. The molecule has 0 bridgehead atoms. The molecule has 0 fully saturated rings. The minimum atomic E-state index is 0.797. The lowest BCUT2D eigenvalue weighted by Crippen LogP contribution is -2.11. The van der Waals surface area contributed by atoms with Crippen molar-refractivity contribution in [3.8, 4) is 0 Å². The Labute approximate surface area is 125 Å². The van der Waals surface area contributed by atoms with Gasteiger partial charge in [0.2, 0.25) is 0 Å². The monoisotopic (exact) mass is 343 g/mol. The smallest absolute Gasteiger partial charge is 0.0462 e. The Kier molecular flexibility index (Phi) is 5.25. The minimum Gasteiger partial charge on any atom is -0.308 e. The zero-order valence-electron chi connectivity index (χ0n) is 10.2. The van der Waals surface area contributed by atoms with E-state index >= 15 is 0 Å². The molecule has 0 aliphatic heterocycles. The van der Waals surface area contributed by atoms with Crippen LogP contribution in [0.3, 0.4) is 0 Å². The molecule has 0 amide bonds. The van der Waals surface area contributed by atoms with E-state index in [9.17, 15) is 0 Å². The summed E-state index contributed by atoms with van der Waals surface area (Å²) in [4.78, 5) is 2.81. The van der Waals surface area contributed by atoms with Crippen LogP contribution in [0.5, 0.6) is 0 Å². The normalized spacial score (nSPS) is 10.8. The first-order chi connectivity index (χ1) is 8.69. The van der Waals surface area contributed by atoms with Crippen molar-refractivity contribution in [3.05, 3.63) is 55.1 Å². The van der Waals surface area contributed by atoms with Gasteiger partial charge in [0, 0.05) is 32.3 Å². The summed E-state index contributed by atoms with van der Waals surface area (Å²) in [5.41, 5.74) is 1.13. The van der Waals surface area contributed by atoms with Gasteiger partial charge in [0.25, 0.3) is 0 Å². The fraction of sp³-hybridized carbons (Fsp3) is 0.286. The summed E-state index contributed by atoms with van der Waals surface area (Å²) in [7, 11) is 0. The van der Waals surface area contributed by atoms with Crippen molar-refractivity contribution in [3.63, 3.8) is 0 Å². The predicted octanol–water partition coefficient (Wildman–Crippen LogP) is 5.02. The molecule has 1 N–H and O–H groups in total. The van der Waals surface area contributed by atoms with Crippen LogP contribution in [0, 0.1) is 0 Å². The molecule has 0 saturated carbocycles. The number of benzene rings is 1. The van der Waals surface area contributed by atoms with Gasteiger partial charge in [-0.1, -0.05) is 40.5 Å². The Bertz CT molecular complexity index is 524. The quantitative estimate of drug-likeness (QED) is 0.803. The topological polar surface area (TPSA) is 12.0 Å². The number of rotatable bonds is 5. The van der Waals surface area contributed by atoms with Crippen molar-refractivity contribution in [1.29, 1.82) is 0 Å². The highest BCUT2D eigenvalue weighted by Crippen LogP contribution is 2.21. The van der Waals surface area contributed by atoms with Crippen molar-refractivity contribution in [2.24, 2.45) is 0 Å². The summed E-state index contributed by atoms with van der Waals surface area (Å²) in [6, 6.07) is 10.4. The number of hydrogen-bond acceptors (Lipinski definition) is 2. The SMILES string of the molecule is CCc1ccc(CNCc2ccc(Br)cc2Cl)s1. The van der Waals surface area contributed by atoms with Crippen molar-refractivity contribution in [2.75, 3.05) is 0 Å². The van der Waals surface area contributed by atoms with Crippen molar-refractivity contribution in [2.45, 2.75) is 26.4 Å². The van der Waals surface area contributed by atoms with Crippen LogP contribution in [-0.4, -0.2) is 0 Å². The van der Waals surface area contributed by atoms with E-state index in [-0.39, 0.29) is 0 Å². The maximum atomic E-state index is 6.17. The summed E-state index contributed by atoms with van der Waals surface area (Å²) in [6.45, 7) is 3.88. The molecule has 96 valence electrons. The van der Waals surface area contributed by atoms with Crippen LogP contribution < -0.4 is 5.32 Å². The standard InChI is InChI=1S/C14H15BrClNS/c1-2-12-5-6-13(18-12)9-17-8-10-3-4-11(15)7-14(10)16/h3-7,17H,2,8-9H2,1H3. The number of halogens is 2. The molecule has 0 aliphatic rings. The van der Waals surface area contributed by atoms with Crippen LogP contribution in [0.2, 0.25) is 5.02 Å². The molecule has 1 aromatic heterocycles. The third kappa shape index (κ3) is 3.82. The lowest BCUT2D eigenvalue weighted by atomic mass is 10.2. The maximum Gasteiger partial charge on any atom is 0.0462 e. The first-order valence-electron chi connectivity index (χ1n) is 5.91. The van der Waals surface area contributed by atoms with Crippen LogP contribution >= 0.6 is 38.9 Å². The van der Waals surface area contributed by atoms with E-state index in [2.05, 4.69) is 40.3 Å². The summed E-state index contributed by atoms with van der Waals surface area (Å²) >= 11 is 11.5. The molecular formula is C14H15BrClNS. The lowest BCUT2D eigenvalue weighted by molar-refractivity contribution is 0.701. The van der Waals surface area contributed by atoms with Crippen molar-refractivity contribution < 1.29 is 0 Å². The second kappa shape index (κ2) is 6.71. The Hall–Kier alpha value is -0.350. The van der Waals surface area contributed by atoms with Gasteiger partial charge >= 0.3 is 0 Å². The zero-order chi connectivity index (χ0) is 13.0. The fourth-order valence-electron chi connectivity index (χ4n) is 1.69. The van der Waals surface area contributed by atoms with E-state index in [4.69, 9.17) is 11.6 Å². The summed E-state index contributed by atoms with van der Waals surface area (Å²) in [5, 5.41) is 4.23. The van der Waals surface area contributed by atoms with Crippen LogP contribution in [0.15, 0.2) is 34.8 Å². The van der Waals surface area contributed by atoms with E-state index in [1.807, 2.05) is 29.5 Å². The third-order valence-electron chi connectivity index (χ3n) is 2.70. The van der Waals surface area contributed by atoms with Crippen LogP contribution in [0.1, 0.15) is 22.2 Å². The van der Waals surface area contributed by atoms with Gasteiger partial charge in [-0.3, -0.25) is 0 Å². The first-order valence-corrected chi connectivity index (χ1v) is 7.90. The van der Waals surface area contributed by atoms with Gasteiger partial charge in [0.05, 0.1) is 0 Å². The molecule has 18 heavy (non-hydrogen) atoms. The molecule has 1 heterocycles. The summed E-state index contributed by atoms with van der Waals surface area (Å²) < 4.78 is 1.02. The van der Waals surface area contributed by atoms with E-state index < -0.39 is 0 Å². The molecule has 0 spiro atoms. The highest BCUT2D eigenvalue weighted by molar-refractivity contribution is 9.10. The highest BCUT2D eigenvalue weighted by atomic mass is 79.9. The lowest BCUT2D eigenvalue weighted by Gasteiger charge is -2.06. The molecule has 0 saturated heterocycles. The first kappa shape index (κ1) is 14.1. The van der Waals surface area contributed by atoms with Gasteiger partial charge in [-0.2, -0.15) is 0 Å². The third-order valence-corrected chi connectivity index (χ3v) is 4.77. The molecule has 0 unspecified atom stereocenters. The van der Waals surface area contributed by atoms with Gasteiger partial charge in [0.15, 0.2) is 0 Å². The number of hydrogen-bond donors (Lipinski definition) is 1.